The summed E-state index contributed by atoms with van der Waals surface area (Å²) in [6.07, 6.45) is 1.04. The molecule has 2 aliphatic heterocycles. The Labute approximate surface area is 177 Å². The van der Waals surface area contributed by atoms with Crippen LogP contribution >= 0.6 is 0 Å². The molecule has 2 heterocycles. The molecule has 1 fully saturated rings. The third-order valence-electron chi connectivity index (χ3n) is 5.49. The first-order valence-electron chi connectivity index (χ1n) is 10.2. The summed E-state index contributed by atoms with van der Waals surface area (Å²) in [5, 5.41) is 2.91. The van der Waals surface area contributed by atoms with Gasteiger partial charge in [-0.05, 0) is 44.0 Å². The lowest BCUT2D eigenvalue weighted by Gasteiger charge is -2.32. The van der Waals surface area contributed by atoms with Gasteiger partial charge in [0, 0.05) is 13.1 Å². The van der Waals surface area contributed by atoms with E-state index in [0.29, 0.717) is 44.0 Å². The third kappa shape index (κ3) is 4.44. The van der Waals surface area contributed by atoms with Gasteiger partial charge >= 0.3 is 0 Å². The lowest BCUT2D eigenvalue weighted by molar-refractivity contribution is -0.126. The van der Waals surface area contributed by atoms with E-state index in [9.17, 15) is 13.2 Å². The van der Waals surface area contributed by atoms with Crippen LogP contribution in [0.3, 0.4) is 0 Å². The van der Waals surface area contributed by atoms with E-state index >= 15 is 0 Å². The van der Waals surface area contributed by atoms with Crippen molar-refractivity contribution < 1.29 is 22.7 Å². The van der Waals surface area contributed by atoms with Gasteiger partial charge in [0.2, 0.25) is 15.9 Å². The van der Waals surface area contributed by atoms with E-state index in [1.807, 2.05) is 31.2 Å². The van der Waals surface area contributed by atoms with Gasteiger partial charge in [0.15, 0.2) is 11.5 Å². The van der Waals surface area contributed by atoms with Gasteiger partial charge in [0.05, 0.1) is 17.4 Å². The molecule has 2 aliphatic rings. The van der Waals surface area contributed by atoms with Gasteiger partial charge in [-0.2, -0.15) is 4.31 Å². The van der Waals surface area contributed by atoms with Crippen LogP contribution in [0.5, 0.6) is 11.5 Å². The maximum absolute atomic E-state index is 12.9. The van der Waals surface area contributed by atoms with E-state index in [0.717, 1.165) is 5.56 Å². The number of aryl methyl sites for hydroxylation is 1. The summed E-state index contributed by atoms with van der Waals surface area (Å²) in [7, 11) is -3.61. The number of benzene rings is 2. The van der Waals surface area contributed by atoms with Crippen LogP contribution in [0, 0.1) is 12.8 Å². The van der Waals surface area contributed by atoms with Crippen molar-refractivity contribution in [2.24, 2.45) is 5.92 Å². The summed E-state index contributed by atoms with van der Waals surface area (Å²) >= 11 is 0. The maximum Gasteiger partial charge on any atom is 0.243 e. The summed E-state index contributed by atoms with van der Waals surface area (Å²) < 4.78 is 38.8. The first kappa shape index (κ1) is 20.7. The minimum Gasteiger partial charge on any atom is -0.486 e. The fourth-order valence-electron chi connectivity index (χ4n) is 3.76. The number of para-hydroxylation sites is 2. The van der Waals surface area contributed by atoms with Gasteiger partial charge in [0.1, 0.15) is 12.7 Å². The number of nitrogens with one attached hydrogen (secondary N) is 1. The minimum absolute atomic E-state index is 0.152. The predicted molar refractivity (Wildman–Crippen MR) is 112 cm³/mol. The van der Waals surface area contributed by atoms with Gasteiger partial charge < -0.3 is 14.8 Å². The molecule has 0 saturated carbocycles. The van der Waals surface area contributed by atoms with Crippen LogP contribution in [0.2, 0.25) is 0 Å². The maximum atomic E-state index is 12.9. The number of carbonyl (C=O) groups is 1. The van der Waals surface area contributed by atoms with Crippen LogP contribution < -0.4 is 14.8 Å². The molecule has 8 heteroatoms. The standard InChI is InChI=1S/C22H26N2O5S/c1-16-8-10-19(11-9-16)30(26,27)24-12-4-5-17(14-24)22(25)23-13-18-15-28-20-6-2-3-7-21(20)29-18/h2-3,6-11,17-18H,4-5,12-15H2,1H3,(H,23,25)/t17-,18-/m0/s1. The number of sulfonamides is 1. The van der Waals surface area contributed by atoms with Crippen molar-refractivity contribution >= 4 is 15.9 Å². The lowest BCUT2D eigenvalue weighted by Crippen LogP contribution is -2.48. The summed E-state index contributed by atoms with van der Waals surface area (Å²) in [4.78, 5) is 13.0. The zero-order valence-corrected chi connectivity index (χ0v) is 17.7. The van der Waals surface area contributed by atoms with E-state index in [1.165, 1.54) is 4.31 Å². The van der Waals surface area contributed by atoms with Crippen LogP contribution in [0.25, 0.3) is 0 Å². The second kappa shape index (κ2) is 8.65. The molecule has 1 amide bonds. The van der Waals surface area contributed by atoms with Crippen molar-refractivity contribution in [2.75, 3.05) is 26.2 Å². The quantitative estimate of drug-likeness (QED) is 0.787. The highest BCUT2D eigenvalue weighted by Gasteiger charge is 2.33. The zero-order valence-electron chi connectivity index (χ0n) is 16.9. The Morgan fingerprint density at radius 1 is 1.13 bits per heavy atom. The Bertz CT molecular complexity index is 1010. The largest absolute Gasteiger partial charge is 0.486 e. The zero-order chi connectivity index (χ0) is 21.1. The van der Waals surface area contributed by atoms with E-state index in [2.05, 4.69) is 5.32 Å². The highest BCUT2D eigenvalue weighted by atomic mass is 32.2. The summed E-state index contributed by atoms with van der Waals surface area (Å²) in [5.41, 5.74) is 1.00. The molecule has 7 nitrogen and oxygen atoms in total. The van der Waals surface area contributed by atoms with Crippen molar-refractivity contribution in [3.05, 3.63) is 54.1 Å². The fraction of sp³-hybridized carbons (Fsp3) is 0.409. The normalized spacial score (nSPS) is 21.8. The Balaban J connectivity index is 1.34. The third-order valence-corrected chi connectivity index (χ3v) is 7.36. The number of nitrogens with zero attached hydrogens (tertiary/aromatic N) is 1. The monoisotopic (exact) mass is 430 g/mol. The Kier molecular flexibility index (Phi) is 5.97. The summed E-state index contributed by atoms with van der Waals surface area (Å²) in [5.74, 6) is 0.831. The van der Waals surface area contributed by atoms with Gasteiger partial charge in [-0.25, -0.2) is 8.42 Å². The number of hydrogen-bond acceptors (Lipinski definition) is 5. The van der Waals surface area contributed by atoms with Crippen LogP contribution in [0.4, 0.5) is 0 Å². The molecular formula is C22H26N2O5S. The van der Waals surface area contributed by atoms with E-state index < -0.39 is 10.0 Å². The number of rotatable bonds is 5. The van der Waals surface area contributed by atoms with Crippen LogP contribution in [0.1, 0.15) is 18.4 Å². The molecule has 0 aromatic heterocycles. The van der Waals surface area contributed by atoms with Crippen molar-refractivity contribution in [3.63, 3.8) is 0 Å². The first-order chi connectivity index (χ1) is 14.4. The van der Waals surface area contributed by atoms with Crippen molar-refractivity contribution in [2.45, 2.75) is 30.8 Å². The Hall–Kier alpha value is -2.58. The number of carbonyl (C=O) groups excluding carboxylic acids is 1. The predicted octanol–water partition coefficient (Wildman–Crippen LogP) is 2.35. The van der Waals surface area contributed by atoms with Gasteiger partial charge in [-0.15, -0.1) is 0 Å². The summed E-state index contributed by atoms with van der Waals surface area (Å²) in [6, 6.07) is 14.2. The van der Waals surface area contributed by atoms with Gasteiger partial charge in [-0.3, -0.25) is 4.79 Å². The molecule has 160 valence electrons. The average Bonchev–Trinajstić information content (AvgIpc) is 2.77. The Morgan fingerprint density at radius 3 is 2.63 bits per heavy atom. The molecule has 2 atom stereocenters. The Morgan fingerprint density at radius 2 is 1.87 bits per heavy atom. The van der Waals surface area contributed by atoms with E-state index in [1.54, 1.807) is 24.3 Å². The first-order valence-corrected chi connectivity index (χ1v) is 11.6. The van der Waals surface area contributed by atoms with Gasteiger partial charge in [-0.1, -0.05) is 29.8 Å². The molecule has 30 heavy (non-hydrogen) atoms. The number of fused-ring (bicyclic) bond motifs is 1. The number of amides is 1. The molecule has 0 spiro atoms. The smallest absolute Gasteiger partial charge is 0.243 e. The molecule has 0 aliphatic carbocycles. The molecule has 2 aromatic carbocycles. The highest BCUT2D eigenvalue weighted by Crippen LogP contribution is 2.30. The SMILES string of the molecule is Cc1ccc(S(=O)(=O)N2CCC[C@H](C(=O)NC[C@H]3COc4ccccc4O3)C2)cc1. The molecule has 1 saturated heterocycles. The molecule has 0 radical (unpaired) electrons. The van der Waals surface area contributed by atoms with Crippen LogP contribution in [0.15, 0.2) is 53.4 Å². The minimum atomic E-state index is -3.61. The number of piperidine rings is 1. The second-order valence-corrected chi connectivity index (χ2v) is 9.70. The van der Waals surface area contributed by atoms with Crippen molar-refractivity contribution in [3.8, 4) is 11.5 Å². The lowest BCUT2D eigenvalue weighted by atomic mass is 9.99. The van der Waals surface area contributed by atoms with Crippen molar-refractivity contribution in [1.29, 1.82) is 0 Å². The van der Waals surface area contributed by atoms with Crippen LogP contribution in [-0.4, -0.2) is 51.0 Å². The molecule has 0 bridgehead atoms. The second-order valence-electron chi connectivity index (χ2n) is 7.76. The highest BCUT2D eigenvalue weighted by molar-refractivity contribution is 7.89. The number of ether oxygens (including phenoxy) is 2. The molecule has 2 aromatic rings. The van der Waals surface area contributed by atoms with E-state index in [-0.39, 0.29) is 29.4 Å². The molecule has 1 N–H and O–H groups in total. The number of hydrogen-bond donors (Lipinski definition) is 1. The average molecular weight is 431 g/mol. The van der Waals surface area contributed by atoms with Crippen molar-refractivity contribution in [1.82, 2.24) is 9.62 Å². The van der Waals surface area contributed by atoms with E-state index in [4.69, 9.17) is 9.47 Å². The van der Waals surface area contributed by atoms with Crippen LogP contribution in [-0.2, 0) is 14.8 Å². The summed E-state index contributed by atoms with van der Waals surface area (Å²) in [6.45, 7) is 3.20. The molecular weight excluding hydrogens is 404 g/mol. The topological polar surface area (TPSA) is 84.9 Å². The fourth-order valence-corrected chi connectivity index (χ4v) is 5.28. The molecule has 4 rings (SSSR count). The molecule has 0 unspecified atom stereocenters. The van der Waals surface area contributed by atoms with Gasteiger partial charge in [0.25, 0.3) is 0 Å².